The predicted molar refractivity (Wildman–Crippen MR) is 41.1 cm³/mol. The summed E-state index contributed by atoms with van der Waals surface area (Å²) < 4.78 is 0. The zero-order valence-corrected chi connectivity index (χ0v) is 6.13. The summed E-state index contributed by atoms with van der Waals surface area (Å²) in [5.41, 5.74) is 6.50. The van der Waals surface area contributed by atoms with E-state index in [4.69, 9.17) is 17.3 Å². The summed E-state index contributed by atoms with van der Waals surface area (Å²) >= 11 is 5.68. The molecule has 0 aromatic carbocycles. The summed E-state index contributed by atoms with van der Waals surface area (Å²) in [5.74, 6) is 0.195. The normalized spacial score (nSPS) is 10.6. The molecule has 2 rings (SSSR count). The van der Waals surface area contributed by atoms with Crippen LogP contribution in [0.5, 0.6) is 0 Å². The molecule has 2 aromatic rings. The van der Waals surface area contributed by atoms with Gasteiger partial charge in [0.1, 0.15) is 11.0 Å². The van der Waals surface area contributed by atoms with Crippen LogP contribution in [0.2, 0.25) is 5.15 Å². The fourth-order valence-corrected chi connectivity index (χ4v) is 0.976. The van der Waals surface area contributed by atoms with Gasteiger partial charge in [-0.3, -0.25) is 5.10 Å². The number of hydrogen-bond acceptors (Lipinski definition) is 4. The summed E-state index contributed by atoms with van der Waals surface area (Å²) in [6.07, 6.45) is 1.51. The molecule has 0 aliphatic carbocycles. The molecule has 0 amide bonds. The van der Waals surface area contributed by atoms with Gasteiger partial charge in [0.2, 0.25) is 5.95 Å². The van der Waals surface area contributed by atoms with Crippen LogP contribution in [0.1, 0.15) is 0 Å². The number of anilines is 1. The number of H-pyrrole nitrogens is 1. The lowest BCUT2D eigenvalue weighted by molar-refractivity contribution is 1.11. The highest BCUT2D eigenvalue weighted by molar-refractivity contribution is 6.33. The molecule has 0 saturated heterocycles. The molecule has 56 valence electrons. The van der Waals surface area contributed by atoms with Crippen molar-refractivity contribution in [3.63, 3.8) is 0 Å². The third kappa shape index (κ3) is 0.894. The first kappa shape index (κ1) is 6.36. The van der Waals surface area contributed by atoms with Gasteiger partial charge >= 0.3 is 0 Å². The molecule has 2 aromatic heterocycles. The Morgan fingerprint density at radius 1 is 1.55 bits per heavy atom. The van der Waals surface area contributed by atoms with Gasteiger partial charge in [0, 0.05) is 0 Å². The van der Waals surface area contributed by atoms with E-state index < -0.39 is 0 Å². The molecule has 11 heavy (non-hydrogen) atoms. The van der Waals surface area contributed by atoms with E-state index in [-0.39, 0.29) is 5.95 Å². The number of nitrogens with two attached hydrogens (primary N) is 1. The van der Waals surface area contributed by atoms with Crippen LogP contribution in [0.3, 0.4) is 0 Å². The Kier molecular flexibility index (Phi) is 1.19. The molecule has 0 radical (unpaired) electrons. The zero-order valence-electron chi connectivity index (χ0n) is 5.37. The van der Waals surface area contributed by atoms with Gasteiger partial charge in [-0.05, 0) is 0 Å². The molecule has 6 heteroatoms. The number of nitrogens with zero attached hydrogens (tertiary/aromatic N) is 3. The maximum Gasteiger partial charge on any atom is 0.220 e. The molecule has 5 nitrogen and oxygen atoms in total. The monoisotopic (exact) mass is 169 g/mol. The van der Waals surface area contributed by atoms with E-state index in [1.807, 2.05) is 0 Å². The van der Waals surface area contributed by atoms with E-state index in [2.05, 4.69) is 20.2 Å². The maximum atomic E-state index is 5.68. The Morgan fingerprint density at radius 3 is 3.18 bits per heavy atom. The third-order valence-electron chi connectivity index (χ3n) is 1.27. The van der Waals surface area contributed by atoms with E-state index >= 15 is 0 Å². The van der Waals surface area contributed by atoms with Gasteiger partial charge in [-0.1, -0.05) is 11.6 Å². The predicted octanol–water partition coefficient (Wildman–Crippen LogP) is 0.588. The molecule has 2 heterocycles. The molecule has 0 bridgehead atoms. The summed E-state index contributed by atoms with van der Waals surface area (Å²) in [6.45, 7) is 0. The van der Waals surface area contributed by atoms with E-state index in [1.165, 1.54) is 6.20 Å². The van der Waals surface area contributed by atoms with Crippen LogP contribution in [0.4, 0.5) is 5.95 Å². The van der Waals surface area contributed by atoms with Crippen molar-refractivity contribution in [1.29, 1.82) is 0 Å². The highest BCUT2D eigenvalue weighted by Crippen LogP contribution is 2.16. The second-order valence-corrected chi connectivity index (χ2v) is 2.38. The fraction of sp³-hybridized carbons (Fsp3) is 0. The molecule has 0 aliphatic rings. The zero-order chi connectivity index (χ0) is 7.84. The van der Waals surface area contributed by atoms with Crippen LogP contribution in [0.25, 0.3) is 11.0 Å². The number of nitrogen functional groups attached to an aromatic ring is 1. The minimum absolute atomic E-state index is 0.195. The molecular formula is C5H4ClN5. The maximum absolute atomic E-state index is 5.68. The quantitative estimate of drug-likeness (QED) is 0.605. The summed E-state index contributed by atoms with van der Waals surface area (Å²) in [7, 11) is 0. The number of aromatic nitrogens is 4. The summed E-state index contributed by atoms with van der Waals surface area (Å²) in [6, 6.07) is 0. The van der Waals surface area contributed by atoms with Crippen molar-refractivity contribution in [1.82, 2.24) is 20.2 Å². The average molecular weight is 170 g/mol. The lowest BCUT2D eigenvalue weighted by Crippen LogP contribution is -1.92. The molecule has 3 N–H and O–H groups in total. The highest BCUT2D eigenvalue weighted by atomic mass is 35.5. The van der Waals surface area contributed by atoms with Crippen LogP contribution in [-0.4, -0.2) is 20.2 Å². The first-order valence-corrected chi connectivity index (χ1v) is 3.27. The molecule has 0 atom stereocenters. The van der Waals surface area contributed by atoms with Crippen molar-refractivity contribution in [2.45, 2.75) is 0 Å². The second kappa shape index (κ2) is 2.06. The average Bonchev–Trinajstić information content (AvgIpc) is 2.33. The van der Waals surface area contributed by atoms with Gasteiger partial charge in [0.05, 0.1) is 6.20 Å². The van der Waals surface area contributed by atoms with Gasteiger partial charge in [-0.15, -0.1) is 0 Å². The van der Waals surface area contributed by atoms with Crippen LogP contribution in [0, 0.1) is 0 Å². The molecule has 0 saturated carbocycles. The first-order valence-electron chi connectivity index (χ1n) is 2.89. The molecule has 0 unspecified atom stereocenters. The third-order valence-corrected chi connectivity index (χ3v) is 1.53. The van der Waals surface area contributed by atoms with Gasteiger partial charge in [0.15, 0.2) is 5.15 Å². The minimum Gasteiger partial charge on any atom is -0.368 e. The Bertz CT molecular complexity index is 395. The standard InChI is InChI=1S/C5H4ClN5/c6-4-3-2(10-11-4)1-8-5(7)9-3/h1H,(H,10,11)(H2,7,8,9). The fourth-order valence-electron chi connectivity index (χ4n) is 0.795. The Hall–Kier alpha value is -1.36. The largest absolute Gasteiger partial charge is 0.368 e. The van der Waals surface area contributed by atoms with Gasteiger partial charge in [0.25, 0.3) is 0 Å². The number of fused-ring (bicyclic) bond motifs is 1. The smallest absolute Gasteiger partial charge is 0.220 e. The molecule has 0 spiro atoms. The van der Waals surface area contributed by atoms with Crippen molar-refractivity contribution in [3.8, 4) is 0 Å². The number of rotatable bonds is 0. The van der Waals surface area contributed by atoms with Crippen molar-refractivity contribution in [2.75, 3.05) is 5.73 Å². The number of nitrogens with one attached hydrogen (secondary N) is 1. The van der Waals surface area contributed by atoms with Crippen LogP contribution in [0.15, 0.2) is 6.20 Å². The van der Waals surface area contributed by atoms with E-state index in [1.54, 1.807) is 0 Å². The Morgan fingerprint density at radius 2 is 2.36 bits per heavy atom. The molecular weight excluding hydrogens is 166 g/mol. The van der Waals surface area contributed by atoms with Crippen LogP contribution in [-0.2, 0) is 0 Å². The first-order chi connectivity index (χ1) is 5.27. The second-order valence-electron chi connectivity index (χ2n) is 2.00. The van der Waals surface area contributed by atoms with E-state index in [0.717, 1.165) is 0 Å². The number of halogens is 1. The summed E-state index contributed by atoms with van der Waals surface area (Å²) in [4.78, 5) is 7.62. The minimum atomic E-state index is 0.195. The molecule has 0 fully saturated rings. The van der Waals surface area contributed by atoms with E-state index in [0.29, 0.717) is 16.2 Å². The van der Waals surface area contributed by atoms with Crippen molar-refractivity contribution in [2.24, 2.45) is 0 Å². The summed E-state index contributed by atoms with van der Waals surface area (Å²) in [5, 5.41) is 6.77. The van der Waals surface area contributed by atoms with Crippen LogP contribution < -0.4 is 5.73 Å². The number of aromatic amines is 1. The SMILES string of the molecule is Nc1ncc2n[nH]c(Cl)c2n1. The Balaban J connectivity index is 2.87. The topological polar surface area (TPSA) is 80.5 Å². The lowest BCUT2D eigenvalue weighted by atomic mass is 10.5. The highest BCUT2D eigenvalue weighted by Gasteiger charge is 2.03. The van der Waals surface area contributed by atoms with Crippen LogP contribution >= 0.6 is 11.6 Å². The van der Waals surface area contributed by atoms with Gasteiger partial charge in [-0.2, -0.15) is 5.10 Å². The van der Waals surface area contributed by atoms with Crippen molar-refractivity contribution >= 4 is 28.6 Å². The van der Waals surface area contributed by atoms with Gasteiger partial charge < -0.3 is 5.73 Å². The molecule has 0 aliphatic heterocycles. The Labute approximate surface area is 66.6 Å². The van der Waals surface area contributed by atoms with Crippen molar-refractivity contribution < 1.29 is 0 Å². The number of hydrogen-bond donors (Lipinski definition) is 2. The van der Waals surface area contributed by atoms with Crippen molar-refractivity contribution in [3.05, 3.63) is 11.3 Å². The van der Waals surface area contributed by atoms with E-state index in [9.17, 15) is 0 Å². The lowest BCUT2D eigenvalue weighted by Gasteiger charge is -1.88. The van der Waals surface area contributed by atoms with Gasteiger partial charge in [-0.25, -0.2) is 9.97 Å².